The van der Waals surface area contributed by atoms with Gasteiger partial charge in [-0.1, -0.05) is 6.92 Å². The number of carbonyl (C=O) groups excluding carboxylic acids is 1. The smallest absolute Gasteiger partial charge is 0.240 e. The van der Waals surface area contributed by atoms with E-state index in [0.717, 1.165) is 31.8 Å². The average Bonchev–Trinajstić information content (AvgIpc) is 2.04. The Bertz CT molecular complexity index is 162. The highest BCUT2D eigenvalue weighted by Crippen LogP contribution is 2.17. The van der Waals surface area contributed by atoms with Crippen molar-refractivity contribution < 1.29 is 4.79 Å². The molecular formula is C9H16ClNO. The molecule has 0 radical (unpaired) electrons. The summed E-state index contributed by atoms with van der Waals surface area (Å²) >= 11 is 5.71. The second-order valence-electron chi connectivity index (χ2n) is 3.62. The zero-order valence-electron chi connectivity index (χ0n) is 7.72. The molecule has 0 bridgehead atoms. The summed E-state index contributed by atoms with van der Waals surface area (Å²) in [6.45, 7) is 5.74. The highest BCUT2D eigenvalue weighted by Gasteiger charge is 2.22. The van der Waals surface area contributed by atoms with Crippen molar-refractivity contribution in [2.75, 3.05) is 13.1 Å². The lowest BCUT2D eigenvalue weighted by atomic mass is 9.99. The highest BCUT2D eigenvalue weighted by molar-refractivity contribution is 6.30. The first kappa shape index (κ1) is 9.85. The molecule has 1 aliphatic heterocycles. The Labute approximate surface area is 78.9 Å². The zero-order chi connectivity index (χ0) is 9.14. The lowest BCUT2D eigenvalue weighted by Crippen LogP contribution is -2.41. The van der Waals surface area contributed by atoms with E-state index in [-0.39, 0.29) is 11.3 Å². The van der Waals surface area contributed by atoms with Crippen LogP contribution in [0.4, 0.5) is 0 Å². The van der Waals surface area contributed by atoms with Gasteiger partial charge in [0.05, 0.1) is 0 Å². The van der Waals surface area contributed by atoms with Gasteiger partial charge in [0.2, 0.25) is 5.91 Å². The molecule has 0 saturated carbocycles. The molecule has 1 fully saturated rings. The first-order chi connectivity index (χ1) is 5.61. The van der Waals surface area contributed by atoms with Crippen LogP contribution < -0.4 is 0 Å². The van der Waals surface area contributed by atoms with Gasteiger partial charge in [-0.2, -0.15) is 0 Å². The third-order valence-corrected chi connectivity index (χ3v) is 2.62. The fraction of sp³-hybridized carbons (Fsp3) is 0.889. The number of hydrogen-bond donors (Lipinski definition) is 0. The molecule has 1 rings (SSSR count). The molecule has 0 aromatic rings. The van der Waals surface area contributed by atoms with Crippen molar-refractivity contribution in [3.63, 3.8) is 0 Å². The van der Waals surface area contributed by atoms with Gasteiger partial charge in [0.15, 0.2) is 0 Å². The number of halogens is 1. The molecule has 1 saturated heterocycles. The van der Waals surface area contributed by atoms with Crippen LogP contribution in [0.2, 0.25) is 0 Å². The maximum atomic E-state index is 11.4. The molecule has 1 heterocycles. The molecule has 0 aromatic heterocycles. The summed E-state index contributed by atoms with van der Waals surface area (Å²) in [5.41, 5.74) is 0. The molecule has 0 spiro atoms. The number of likely N-dealkylation sites (tertiary alicyclic amines) is 1. The molecule has 2 nitrogen and oxygen atoms in total. The normalized spacial score (nSPS) is 22.4. The molecule has 0 aromatic carbocycles. The van der Waals surface area contributed by atoms with Crippen molar-refractivity contribution in [2.24, 2.45) is 5.92 Å². The third-order valence-electron chi connectivity index (χ3n) is 2.44. The lowest BCUT2D eigenvalue weighted by Gasteiger charge is -2.30. The molecule has 1 amide bonds. The fourth-order valence-corrected chi connectivity index (χ4v) is 1.62. The number of rotatable bonds is 1. The van der Waals surface area contributed by atoms with E-state index in [1.807, 2.05) is 4.90 Å². The number of carbonyl (C=O) groups is 1. The molecule has 0 N–H and O–H groups in total. The van der Waals surface area contributed by atoms with E-state index < -0.39 is 0 Å². The van der Waals surface area contributed by atoms with Gasteiger partial charge in [-0.05, 0) is 25.7 Å². The Hall–Kier alpha value is -0.240. The van der Waals surface area contributed by atoms with E-state index in [4.69, 9.17) is 11.6 Å². The van der Waals surface area contributed by atoms with Crippen LogP contribution in [-0.4, -0.2) is 29.3 Å². The predicted octanol–water partition coefficient (Wildman–Crippen LogP) is 1.87. The van der Waals surface area contributed by atoms with E-state index in [9.17, 15) is 4.79 Å². The maximum Gasteiger partial charge on any atom is 0.240 e. The van der Waals surface area contributed by atoms with E-state index in [0.29, 0.717) is 0 Å². The molecule has 0 aliphatic carbocycles. The number of piperidine rings is 1. The average molecular weight is 190 g/mol. The topological polar surface area (TPSA) is 20.3 Å². The Kier molecular flexibility index (Phi) is 3.39. The maximum absolute atomic E-state index is 11.4. The summed E-state index contributed by atoms with van der Waals surface area (Å²) in [5.74, 6) is 0.850. The van der Waals surface area contributed by atoms with Crippen LogP contribution in [0.25, 0.3) is 0 Å². The highest BCUT2D eigenvalue weighted by atomic mass is 35.5. The predicted molar refractivity (Wildman–Crippen MR) is 50.3 cm³/mol. The summed E-state index contributed by atoms with van der Waals surface area (Å²) in [6.07, 6.45) is 2.24. The summed E-state index contributed by atoms with van der Waals surface area (Å²) in [6, 6.07) is 0. The number of nitrogens with zero attached hydrogens (tertiary/aromatic N) is 1. The van der Waals surface area contributed by atoms with Gasteiger partial charge in [-0.3, -0.25) is 4.79 Å². The first-order valence-electron chi connectivity index (χ1n) is 4.54. The molecule has 1 aliphatic rings. The minimum atomic E-state index is -0.363. The van der Waals surface area contributed by atoms with Gasteiger partial charge in [-0.25, -0.2) is 0 Å². The van der Waals surface area contributed by atoms with Crippen molar-refractivity contribution in [2.45, 2.75) is 32.1 Å². The van der Waals surface area contributed by atoms with Crippen molar-refractivity contribution in [3.05, 3.63) is 0 Å². The SMILES string of the molecule is CC1CCN(C(=O)C(C)Cl)CC1. The summed E-state index contributed by atoms with van der Waals surface area (Å²) in [5, 5.41) is -0.363. The van der Waals surface area contributed by atoms with Crippen molar-refractivity contribution in [3.8, 4) is 0 Å². The van der Waals surface area contributed by atoms with E-state index in [1.165, 1.54) is 0 Å². The third kappa shape index (κ3) is 2.37. The number of hydrogen-bond acceptors (Lipinski definition) is 1. The molecular weight excluding hydrogens is 174 g/mol. The van der Waals surface area contributed by atoms with Crippen LogP contribution in [0.5, 0.6) is 0 Å². The fourth-order valence-electron chi connectivity index (χ4n) is 1.48. The Morgan fingerprint density at radius 3 is 2.42 bits per heavy atom. The number of amides is 1. The Balaban J connectivity index is 2.39. The molecule has 3 heteroatoms. The summed E-state index contributed by atoms with van der Waals surface area (Å²) in [4.78, 5) is 13.3. The second kappa shape index (κ2) is 4.13. The van der Waals surface area contributed by atoms with Gasteiger partial charge in [-0.15, -0.1) is 11.6 Å². The van der Waals surface area contributed by atoms with E-state index >= 15 is 0 Å². The van der Waals surface area contributed by atoms with Gasteiger partial charge >= 0.3 is 0 Å². The van der Waals surface area contributed by atoms with Gasteiger partial charge in [0, 0.05) is 13.1 Å². The summed E-state index contributed by atoms with van der Waals surface area (Å²) < 4.78 is 0. The lowest BCUT2D eigenvalue weighted by molar-refractivity contribution is -0.131. The van der Waals surface area contributed by atoms with Crippen LogP contribution in [0, 0.1) is 5.92 Å². The largest absolute Gasteiger partial charge is 0.341 e. The van der Waals surface area contributed by atoms with E-state index in [2.05, 4.69) is 6.92 Å². The van der Waals surface area contributed by atoms with Gasteiger partial charge in [0.1, 0.15) is 5.38 Å². The zero-order valence-corrected chi connectivity index (χ0v) is 8.47. The summed E-state index contributed by atoms with van der Waals surface area (Å²) in [7, 11) is 0. The van der Waals surface area contributed by atoms with Crippen molar-refractivity contribution in [1.82, 2.24) is 4.90 Å². The van der Waals surface area contributed by atoms with Crippen LogP contribution in [0.3, 0.4) is 0 Å². The van der Waals surface area contributed by atoms with Crippen molar-refractivity contribution in [1.29, 1.82) is 0 Å². The minimum Gasteiger partial charge on any atom is -0.341 e. The minimum absolute atomic E-state index is 0.0866. The van der Waals surface area contributed by atoms with Crippen molar-refractivity contribution >= 4 is 17.5 Å². The van der Waals surface area contributed by atoms with E-state index in [1.54, 1.807) is 6.92 Å². The molecule has 1 unspecified atom stereocenters. The quantitative estimate of drug-likeness (QED) is 0.577. The first-order valence-corrected chi connectivity index (χ1v) is 4.97. The second-order valence-corrected chi connectivity index (χ2v) is 4.28. The molecule has 12 heavy (non-hydrogen) atoms. The van der Waals surface area contributed by atoms with Crippen LogP contribution in [-0.2, 0) is 4.79 Å². The van der Waals surface area contributed by atoms with Crippen LogP contribution in [0.15, 0.2) is 0 Å². The standard InChI is InChI=1S/C9H16ClNO/c1-7-3-5-11(6-4-7)9(12)8(2)10/h7-8H,3-6H2,1-2H3. The number of alkyl halides is 1. The van der Waals surface area contributed by atoms with Gasteiger partial charge < -0.3 is 4.90 Å². The molecule has 1 atom stereocenters. The molecule has 70 valence electrons. The van der Waals surface area contributed by atoms with Crippen LogP contribution in [0.1, 0.15) is 26.7 Å². The van der Waals surface area contributed by atoms with Gasteiger partial charge in [0.25, 0.3) is 0 Å². The Morgan fingerprint density at radius 2 is 2.00 bits per heavy atom. The Morgan fingerprint density at radius 1 is 1.50 bits per heavy atom. The van der Waals surface area contributed by atoms with Crippen LogP contribution >= 0.6 is 11.6 Å². The monoisotopic (exact) mass is 189 g/mol.